The van der Waals surface area contributed by atoms with Gasteiger partial charge < -0.3 is 10.1 Å². The van der Waals surface area contributed by atoms with Crippen molar-refractivity contribution in [2.24, 2.45) is 0 Å². The fourth-order valence-corrected chi connectivity index (χ4v) is 2.80. The van der Waals surface area contributed by atoms with Gasteiger partial charge in [0, 0.05) is 37.1 Å². The summed E-state index contributed by atoms with van der Waals surface area (Å²) in [4.78, 5) is 27.8. The van der Waals surface area contributed by atoms with Crippen LogP contribution >= 0.6 is 0 Å². The van der Waals surface area contributed by atoms with Crippen molar-refractivity contribution in [3.8, 4) is 11.3 Å². The molecule has 0 saturated heterocycles. The Balaban J connectivity index is 1.79. The minimum absolute atomic E-state index is 0.271. The van der Waals surface area contributed by atoms with E-state index in [1.165, 1.54) is 19.4 Å². The minimum Gasteiger partial charge on any atom is -0.466 e. The van der Waals surface area contributed by atoms with Crippen LogP contribution < -0.4 is 5.32 Å². The molecule has 0 atom stereocenters. The third-order valence-corrected chi connectivity index (χ3v) is 4.24. The molecule has 0 bridgehead atoms. The molecule has 0 aliphatic heterocycles. The van der Waals surface area contributed by atoms with Gasteiger partial charge in [0.1, 0.15) is 5.56 Å². The third kappa shape index (κ3) is 3.93. The Kier molecular flexibility index (Phi) is 5.83. The second kappa shape index (κ2) is 8.47. The maximum Gasteiger partial charge on any atom is 0.330 e. The average molecular weight is 382 g/mol. The largest absolute Gasteiger partial charge is 0.466 e. The summed E-state index contributed by atoms with van der Waals surface area (Å²) in [6.07, 6.45) is 8.60. The van der Waals surface area contributed by atoms with E-state index in [1.54, 1.807) is 16.8 Å². The molecule has 146 valence electrons. The lowest BCUT2D eigenvalue weighted by Gasteiger charge is -2.04. The van der Waals surface area contributed by atoms with E-state index in [0.717, 1.165) is 23.5 Å². The van der Waals surface area contributed by atoms with E-state index in [4.69, 9.17) is 0 Å². The Morgan fingerprint density at radius 2 is 2.18 bits per heavy atom. The molecule has 3 heterocycles. The first kappa shape index (κ1) is 19.3. The van der Waals surface area contributed by atoms with Crippen molar-refractivity contribution < 1.29 is 14.3 Å². The fraction of sp³-hybridized carbons (Fsp3) is 0.316. The van der Waals surface area contributed by atoms with Gasteiger partial charge in [0.2, 0.25) is 0 Å². The minimum atomic E-state index is -0.424. The number of nitrogens with one attached hydrogen (secondary N) is 1. The molecule has 0 spiro atoms. The topological polar surface area (TPSA) is 103 Å². The maximum absolute atomic E-state index is 12.5. The van der Waals surface area contributed by atoms with Crippen LogP contribution in [0.25, 0.3) is 16.9 Å². The number of ether oxygens (including phenoxy) is 1. The van der Waals surface area contributed by atoms with Gasteiger partial charge in [0.25, 0.3) is 5.91 Å². The molecule has 0 radical (unpaired) electrons. The first-order chi connectivity index (χ1) is 13.5. The lowest BCUT2D eigenvalue weighted by molar-refractivity contribution is -0.134. The van der Waals surface area contributed by atoms with Crippen LogP contribution in [0.2, 0.25) is 0 Å². The van der Waals surface area contributed by atoms with E-state index < -0.39 is 5.97 Å². The van der Waals surface area contributed by atoms with Crippen LogP contribution in [0.15, 0.2) is 36.8 Å². The van der Waals surface area contributed by atoms with Gasteiger partial charge >= 0.3 is 5.97 Å². The second-order valence-electron chi connectivity index (χ2n) is 6.08. The van der Waals surface area contributed by atoms with Gasteiger partial charge in [-0.15, -0.1) is 0 Å². The van der Waals surface area contributed by atoms with Crippen molar-refractivity contribution in [3.05, 3.63) is 48.1 Å². The molecule has 1 N–H and O–H groups in total. The molecule has 9 nitrogen and oxygen atoms in total. The van der Waals surface area contributed by atoms with Crippen LogP contribution in [0.1, 0.15) is 29.4 Å². The Bertz CT molecular complexity index is 1030. The summed E-state index contributed by atoms with van der Waals surface area (Å²) in [6.45, 7) is 5.11. The SMILES string of the molecule is CCn1cc(-c2ccnc3c(C(=O)NCC/C=C/C(=O)OC)cnn23)c(C)n1. The number of carbonyl (C=O) groups is 2. The molecule has 0 aromatic carbocycles. The lowest BCUT2D eigenvalue weighted by atomic mass is 10.2. The molecule has 0 fully saturated rings. The van der Waals surface area contributed by atoms with Gasteiger partial charge in [-0.2, -0.15) is 10.2 Å². The molecule has 9 heteroatoms. The van der Waals surface area contributed by atoms with Crippen LogP contribution in [-0.2, 0) is 16.1 Å². The van der Waals surface area contributed by atoms with Gasteiger partial charge in [0.15, 0.2) is 5.65 Å². The number of hydrogen-bond donors (Lipinski definition) is 1. The summed E-state index contributed by atoms with van der Waals surface area (Å²) in [5.74, 6) is -0.695. The molecular weight excluding hydrogens is 360 g/mol. The number of esters is 1. The van der Waals surface area contributed by atoms with E-state index in [9.17, 15) is 9.59 Å². The number of amides is 1. The summed E-state index contributed by atoms with van der Waals surface area (Å²) in [7, 11) is 1.32. The zero-order valence-corrected chi connectivity index (χ0v) is 16.0. The zero-order valence-electron chi connectivity index (χ0n) is 16.0. The van der Waals surface area contributed by atoms with Crippen LogP contribution in [0, 0.1) is 6.92 Å². The van der Waals surface area contributed by atoms with Crippen LogP contribution in [0.5, 0.6) is 0 Å². The maximum atomic E-state index is 12.5. The fourth-order valence-electron chi connectivity index (χ4n) is 2.80. The predicted molar refractivity (Wildman–Crippen MR) is 103 cm³/mol. The van der Waals surface area contributed by atoms with E-state index in [1.807, 2.05) is 30.8 Å². The molecule has 0 unspecified atom stereocenters. The molecule has 0 aliphatic carbocycles. The monoisotopic (exact) mass is 382 g/mol. The van der Waals surface area contributed by atoms with Crippen molar-refractivity contribution in [2.75, 3.05) is 13.7 Å². The van der Waals surface area contributed by atoms with E-state index in [-0.39, 0.29) is 5.91 Å². The molecule has 0 saturated carbocycles. The molecule has 0 aliphatic rings. The smallest absolute Gasteiger partial charge is 0.330 e. The lowest BCUT2D eigenvalue weighted by Crippen LogP contribution is -2.24. The van der Waals surface area contributed by atoms with Crippen molar-refractivity contribution in [1.82, 2.24) is 29.7 Å². The summed E-state index contributed by atoms with van der Waals surface area (Å²) >= 11 is 0. The Labute approximate surface area is 162 Å². The Morgan fingerprint density at radius 1 is 1.36 bits per heavy atom. The quantitative estimate of drug-likeness (QED) is 0.379. The van der Waals surface area contributed by atoms with Crippen molar-refractivity contribution >= 4 is 17.5 Å². The molecule has 3 aromatic heterocycles. The highest BCUT2D eigenvalue weighted by atomic mass is 16.5. The summed E-state index contributed by atoms with van der Waals surface area (Å²) in [6, 6.07) is 1.85. The van der Waals surface area contributed by atoms with Gasteiger partial charge in [-0.25, -0.2) is 14.3 Å². The van der Waals surface area contributed by atoms with Gasteiger partial charge in [-0.3, -0.25) is 9.48 Å². The highest BCUT2D eigenvalue weighted by molar-refractivity contribution is 5.99. The standard InChI is InChI=1S/C19H22N6O3/c1-4-24-12-15(13(2)23-24)16-8-10-20-18-14(11-22-25(16)18)19(27)21-9-6-5-7-17(26)28-3/h5,7-8,10-12H,4,6,9H2,1-3H3,(H,21,27)/b7-5+. The number of aryl methyl sites for hydroxylation is 2. The molecule has 28 heavy (non-hydrogen) atoms. The van der Waals surface area contributed by atoms with Crippen molar-refractivity contribution in [2.45, 2.75) is 26.8 Å². The van der Waals surface area contributed by atoms with Crippen molar-refractivity contribution in [1.29, 1.82) is 0 Å². The first-order valence-corrected chi connectivity index (χ1v) is 8.95. The first-order valence-electron chi connectivity index (χ1n) is 8.95. The molecule has 3 rings (SSSR count). The third-order valence-electron chi connectivity index (χ3n) is 4.24. The van der Waals surface area contributed by atoms with Crippen LogP contribution in [0.3, 0.4) is 0 Å². The summed E-state index contributed by atoms with van der Waals surface area (Å²) in [5.41, 5.74) is 3.51. The number of nitrogens with zero attached hydrogens (tertiary/aromatic N) is 5. The van der Waals surface area contributed by atoms with Gasteiger partial charge in [-0.05, 0) is 26.3 Å². The predicted octanol–water partition coefficient (Wildman–Crippen LogP) is 1.77. The summed E-state index contributed by atoms with van der Waals surface area (Å²) < 4.78 is 8.02. The number of hydrogen-bond acceptors (Lipinski definition) is 6. The number of rotatable bonds is 7. The highest BCUT2D eigenvalue weighted by Crippen LogP contribution is 2.23. The number of carbonyl (C=O) groups excluding carboxylic acids is 2. The number of fused-ring (bicyclic) bond motifs is 1. The number of methoxy groups -OCH3 is 1. The normalized spacial score (nSPS) is 11.2. The zero-order chi connectivity index (χ0) is 20.1. The van der Waals surface area contributed by atoms with Crippen molar-refractivity contribution in [3.63, 3.8) is 0 Å². The number of aromatic nitrogens is 5. The Morgan fingerprint density at radius 3 is 2.89 bits per heavy atom. The molecule has 1 amide bonds. The second-order valence-corrected chi connectivity index (χ2v) is 6.08. The van der Waals surface area contributed by atoms with E-state index >= 15 is 0 Å². The van der Waals surface area contributed by atoms with Gasteiger partial charge in [0.05, 0.1) is 24.7 Å². The van der Waals surface area contributed by atoms with Crippen LogP contribution in [-0.4, -0.2) is 49.9 Å². The van der Waals surface area contributed by atoms with E-state index in [2.05, 4.69) is 25.2 Å². The summed E-state index contributed by atoms with van der Waals surface area (Å²) in [5, 5.41) is 11.6. The molecular formula is C19H22N6O3. The Hall–Kier alpha value is -3.49. The molecule has 3 aromatic rings. The average Bonchev–Trinajstić information content (AvgIpc) is 3.30. The van der Waals surface area contributed by atoms with Gasteiger partial charge in [-0.1, -0.05) is 6.08 Å². The van der Waals surface area contributed by atoms with Crippen LogP contribution in [0.4, 0.5) is 0 Å². The van der Waals surface area contributed by atoms with E-state index in [0.29, 0.717) is 24.2 Å². The highest BCUT2D eigenvalue weighted by Gasteiger charge is 2.17.